The first kappa shape index (κ1) is 5.22. The van der Waals surface area contributed by atoms with Crippen molar-refractivity contribution in [2.24, 2.45) is 5.11 Å². The smallest absolute Gasteiger partial charge is 0.205 e. The number of nitrogens with zero attached hydrogens (tertiary/aromatic N) is 1. The minimum atomic E-state index is 0.523. The van der Waals surface area contributed by atoms with Gasteiger partial charge < -0.3 is 9.40 Å². The summed E-state index contributed by atoms with van der Waals surface area (Å²) in [4.78, 5) is 2.80. The molecule has 2 aromatic rings. The van der Waals surface area contributed by atoms with E-state index in [1.54, 1.807) is 12.3 Å². The van der Waals surface area contributed by atoms with E-state index in [0.29, 0.717) is 11.5 Å². The molecule has 0 amide bonds. The molecule has 0 unspecified atom stereocenters. The van der Waals surface area contributed by atoms with Crippen LogP contribution in [0.25, 0.3) is 11.1 Å². The van der Waals surface area contributed by atoms with Gasteiger partial charge in [0, 0.05) is 5.39 Å². The summed E-state index contributed by atoms with van der Waals surface area (Å²) in [6.45, 7) is 0. The number of aromatic amines is 1. The number of hydrogen-bond donors (Lipinski definition) is 2. The van der Waals surface area contributed by atoms with Crippen molar-refractivity contribution < 1.29 is 4.42 Å². The lowest BCUT2D eigenvalue weighted by Crippen LogP contribution is -1.56. The molecule has 0 spiro atoms. The summed E-state index contributed by atoms with van der Waals surface area (Å²) in [5.41, 5.74) is 7.34. The van der Waals surface area contributed by atoms with Crippen LogP contribution in [0, 0.1) is 5.53 Å². The Morgan fingerprint density at radius 2 is 2.50 bits per heavy atom. The zero-order valence-electron chi connectivity index (χ0n) is 5.09. The van der Waals surface area contributed by atoms with Crippen LogP contribution in [0.15, 0.2) is 27.9 Å². The van der Waals surface area contributed by atoms with Crippen molar-refractivity contribution in [3.63, 3.8) is 0 Å². The minimum absolute atomic E-state index is 0.523. The van der Waals surface area contributed by atoms with Crippen molar-refractivity contribution in [1.82, 2.24) is 4.98 Å². The Balaban J connectivity index is 2.78. The Hall–Kier alpha value is -1.58. The lowest BCUT2D eigenvalue weighted by Gasteiger charge is -1.75. The highest BCUT2D eigenvalue weighted by molar-refractivity contribution is 5.78. The lowest BCUT2D eigenvalue weighted by atomic mass is 10.4. The van der Waals surface area contributed by atoms with Crippen LogP contribution in [0.1, 0.15) is 0 Å². The van der Waals surface area contributed by atoms with Gasteiger partial charge in [0.25, 0.3) is 0 Å². The molecule has 4 heteroatoms. The SMILES string of the molecule is N=Nc1cc2ccoc2[nH]1. The molecule has 2 heterocycles. The van der Waals surface area contributed by atoms with Gasteiger partial charge in [0.15, 0.2) is 5.82 Å². The van der Waals surface area contributed by atoms with Crippen molar-refractivity contribution in [2.75, 3.05) is 0 Å². The molecule has 0 saturated heterocycles. The van der Waals surface area contributed by atoms with E-state index in [1.165, 1.54) is 0 Å². The van der Waals surface area contributed by atoms with E-state index >= 15 is 0 Å². The second-order valence-corrected chi connectivity index (χ2v) is 1.97. The highest BCUT2D eigenvalue weighted by atomic mass is 16.3. The molecule has 0 aromatic carbocycles. The van der Waals surface area contributed by atoms with Crippen molar-refractivity contribution in [2.45, 2.75) is 0 Å². The molecule has 0 fully saturated rings. The first-order valence-corrected chi connectivity index (χ1v) is 2.84. The third kappa shape index (κ3) is 0.556. The Morgan fingerprint density at radius 1 is 1.60 bits per heavy atom. The third-order valence-corrected chi connectivity index (χ3v) is 1.35. The largest absolute Gasteiger partial charge is 0.448 e. The van der Waals surface area contributed by atoms with Crippen LogP contribution in [0.5, 0.6) is 0 Å². The molecule has 0 radical (unpaired) electrons. The second kappa shape index (κ2) is 1.70. The summed E-state index contributed by atoms with van der Waals surface area (Å²) in [6, 6.07) is 3.58. The summed E-state index contributed by atoms with van der Waals surface area (Å²) in [5.74, 6) is 0.523. The van der Waals surface area contributed by atoms with Gasteiger partial charge in [0.2, 0.25) is 5.71 Å². The van der Waals surface area contributed by atoms with Gasteiger partial charge in [0.1, 0.15) is 0 Å². The van der Waals surface area contributed by atoms with Crippen LogP contribution in [0.4, 0.5) is 5.82 Å². The van der Waals surface area contributed by atoms with Crippen molar-refractivity contribution >= 4 is 16.9 Å². The first-order chi connectivity index (χ1) is 4.90. The molecule has 50 valence electrons. The molecule has 4 nitrogen and oxygen atoms in total. The van der Waals surface area contributed by atoms with Gasteiger partial charge >= 0.3 is 0 Å². The monoisotopic (exact) mass is 135 g/mol. The van der Waals surface area contributed by atoms with E-state index in [-0.39, 0.29) is 0 Å². The van der Waals surface area contributed by atoms with Crippen LogP contribution in [-0.4, -0.2) is 4.98 Å². The molecule has 0 bridgehead atoms. The number of furan rings is 1. The first-order valence-electron chi connectivity index (χ1n) is 2.84. The predicted octanol–water partition coefficient (Wildman–Crippen LogP) is 2.42. The van der Waals surface area contributed by atoms with Gasteiger partial charge in [-0.25, -0.2) is 5.53 Å². The molecule has 2 rings (SSSR count). The molecular formula is C6H5N3O. The molecule has 0 aliphatic heterocycles. The normalized spacial score (nSPS) is 10.4. The molecule has 0 aliphatic carbocycles. The fraction of sp³-hybridized carbons (Fsp3) is 0. The van der Waals surface area contributed by atoms with Crippen molar-refractivity contribution in [3.8, 4) is 0 Å². The van der Waals surface area contributed by atoms with Crippen LogP contribution in [0.3, 0.4) is 0 Å². The number of aromatic nitrogens is 1. The van der Waals surface area contributed by atoms with Crippen molar-refractivity contribution in [3.05, 3.63) is 18.4 Å². The van der Waals surface area contributed by atoms with Gasteiger partial charge in [-0.05, 0) is 12.1 Å². The molecule has 10 heavy (non-hydrogen) atoms. The summed E-state index contributed by atoms with van der Waals surface area (Å²) in [7, 11) is 0. The van der Waals surface area contributed by atoms with Crippen LogP contribution >= 0.6 is 0 Å². The Kier molecular flexibility index (Phi) is 0.887. The van der Waals surface area contributed by atoms with E-state index < -0.39 is 0 Å². The average Bonchev–Trinajstić information content (AvgIpc) is 2.42. The van der Waals surface area contributed by atoms with Crippen LogP contribution < -0.4 is 0 Å². The second-order valence-electron chi connectivity index (χ2n) is 1.97. The molecular weight excluding hydrogens is 130 g/mol. The number of rotatable bonds is 1. The average molecular weight is 135 g/mol. The number of hydrogen-bond acceptors (Lipinski definition) is 3. The Morgan fingerprint density at radius 3 is 3.20 bits per heavy atom. The maximum absolute atomic E-state index is 6.67. The van der Waals surface area contributed by atoms with E-state index in [2.05, 4.69) is 10.1 Å². The Bertz CT molecular complexity index is 331. The number of H-pyrrole nitrogens is 1. The molecule has 0 atom stereocenters. The lowest BCUT2D eigenvalue weighted by molar-refractivity contribution is 0.604. The summed E-state index contributed by atoms with van der Waals surface area (Å²) in [6.07, 6.45) is 1.59. The van der Waals surface area contributed by atoms with E-state index in [1.807, 2.05) is 6.07 Å². The third-order valence-electron chi connectivity index (χ3n) is 1.35. The maximum atomic E-state index is 6.67. The maximum Gasteiger partial charge on any atom is 0.205 e. The summed E-state index contributed by atoms with van der Waals surface area (Å²) in [5, 5.41) is 4.16. The van der Waals surface area contributed by atoms with E-state index in [9.17, 15) is 0 Å². The number of fused-ring (bicyclic) bond motifs is 1. The Labute approximate surface area is 56.4 Å². The van der Waals surface area contributed by atoms with E-state index in [4.69, 9.17) is 9.95 Å². The van der Waals surface area contributed by atoms with Gasteiger partial charge in [-0.2, -0.15) is 0 Å². The van der Waals surface area contributed by atoms with Gasteiger partial charge in [-0.3, -0.25) is 0 Å². The highest BCUT2D eigenvalue weighted by Crippen LogP contribution is 2.20. The summed E-state index contributed by atoms with van der Waals surface area (Å²) >= 11 is 0. The van der Waals surface area contributed by atoms with Crippen LogP contribution in [-0.2, 0) is 0 Å². The molecule has 0 aliphatic rings. The van der Waals surface area contributed by atoms with E-state index in [0.717, 1.165) is 5.39 Å². The number of nitrogens with one attached hydrogen (secondary N) is 2. The fourth-order valence-electron chi connectivity index (χ4n) is 0.894. The predicted molar refractivity (Wildman–Crippen MR) is 35.4 cm³/mol. The standard InChI is InChI=1S/C6H5N3O/c7-9-5-3-4-1-2-10-6(4)8-5/h1-3,7-8H. The topological polar surface area (TPSA) is 65.1 Å². The fourth-order valence-corrected chi connectivity index (χ4v) is 0.894. The minimum Gasteiger partial charge on any atom is -0.448 e. The molecule has 0 saturated carbocycles. The highest BCUT2D eigenvalue weighted by Gasteiger charge is 1.99. The molecule has 2 aromatic heterocycles. The van der Waals surface area contributed by atoms with Gasteiger partial charge in [0.05, 0.1) is 6.26 Å². The summed E-state index contributed by atoms with van der Waals surface area (Å²) < 4.78 is 5.00. The molecule has 2 N–H and O–H groups in total. The quantitative estimate of drug-likeness (QED) is 0.579. The van der Waals surface area contributed by atoms with Gasteiger partial charge in [-0.15, -0.1) is 5.11 Å². The zero-order valence-corrected chi connectivity index (χ0v) is 5.09. The van der Waals surface area contributed by atoms with Crippen molar-refractivity contribution in [1.29, 1.82) is 5.53 Å². The van der Waals surface area contributed by atoms with Crippen LogP contribution in [0.2, 0.25) is 0 Å². The zero-order chi connectivity index (χ0) is 6.97. The van der Waals surface area contributed by atoms with Gasteiger partial charge in [-0.1, -0.05) is 0 Å².